The molecule has 0 aliphatic carbocycles. The third-order valence-corrected chi connectivity index (χ3v) is 3.48. The Morgan fingerprint density at radius 2 is 2.00 bits per heavy atom. The molecule has 1 rings (SSSR count). The molecule has 6 heteroatoms. The standard InChI is InChI=1S/C12H12Br2O4/c1-6(2-3-10(15)16)11(17)8-4-7(13)5-9(14)12(8)18/h2-6,11,17-18H,1H3,(H,15,16)/b3-2+/t6-,11-/m1/s1. The number of hydrogen-bond acceptors (Lipinski definition) is 3. The van der Waals surface area contributed by atoms with Crippen molar-refractivity contribution in [3.8, 4) is 5.75 Å². The van der Waals surface area contributed by atoms with Crippen molar-refractivity contribution in [2.45, 2.75) is 13.0 Å². The zero-order chi connectivity index (χ0) is 13.9. The molecule has 3 N–H and O–H groups in total. The number of carboxylic acids is 1. The molecule has 1 aromatic rings. The predicted octanol–water partition coefficient (Wildman–Crippen LogP) is 3.23. The lowest BCUT2D eigenvalue weighted by Gasteiger charge is -2.18. The van der Waals surface area contributed by atoms with Gasteiger partial charge in [-0.3, -0.25) is 0 Å². The second-order valence-electron chi connectivity index (χ2n) is 3.83. The Labute approximate surface area is 121 Å². The van der Waals surface area contributed by atoms with E-state index in [0.717, 1.165) is 6.08 Å². The molecule has 0 aliphatic rings. The van der Waals surface area contributed by atoms with E-state index in [9.17, 15) is 15.0 Å². The second-order valence-corrected chi connectivity index (χ2v) is 5.60. The van der Waals surface area contributed by atoms with Gasteiger partial charge in [0.05, 0.1) is 10.6 Å². The van der Waals surface area contributed by atoms with E-state index in [1.54, 1.807) is 19.1 Å². The van der Waals surface area contributed by atoms with Crippen LogP contribution < -0.4 is 0 Å². The van der Waals surface area contributed by atoms with Crippen LogP contribution in [0.1, 0.15) is 18.6 Å². The number of phenolic OH excluding ortho intramolecular Hbond substituents is 1. The number of hydrogen-bond donors (Lipinski definition) is 3. The van der Waals surface area contributed by atoms with Gasteiger partial charge in [-0.25, -0.2) is 4.79 Å². The first-order valence-electron chi connectivity index (χ1n) is 5.10. The van der Waals surface area contributed by atoms with Crippen LogP contribution >= 0.6 is 31.9 Å². The molecule has 0 unspecified atom stereocenters. The van der Waals surface area contributed by atoms with Crippen molar-refractivity contribution < 1.29 is 20.1 Å². The second kappa shape index (κ2) is 6.36. The van der Waals surface area contributed by atoms with Gasteiger partial charge in [-0.05, 0) is 28.1 Å². The van der Waals surface area contributed by atoms with E-state index >= 15 is 0 Å². The van der Waals surface area contributed by atoms with Crippen LogP contribution in [0, 0.1) is 5.92 Å². The maximum Gasteiger partial charge on any atom is 0.327 e. The van der Waals surface area contributed by atoms with E-state index in [-0.39, 0.29) is 5.75 Å². The van der Waals surface area contributed by atoms with Crippen LogP contribution in [0.25, 0.3) is 0 Å². The van der Waals surface area contributed by atoms with Crippen LogP contribution in [0.2, 0.25) is 0 Å². The normalized spacial score (nSPS) is 14.7. The van der Waals surface area contributed by atoms with E-state index in [4.69, 9.17) is 5.11 Å². The summed E-state index contributed by atoms with van der Waals surface area (Å²) in [5.41, 5.74) is 0.332. The number of aromatic hydroxyl groups is 1. The Balaban J connectivity index is 3.03. The average Bonchev–Trinajstić information content (AvgIpc) is 2.29. The molecule has 18 heavy (non-hydrogen) atoms. The fraction of sp³-hybridized carbons (Fsp3) is 0.250. The first-order chi connectivity index (χ1) is 8.32. The SMILES string of the molecule is C[C@H](/C=C/C(=O)O)[C@@H](O)c1cc(Br)cc(Br)c1O. The minimum atomic E-state index is -1.08. The monoisotopic (exact) mass is 378 g/mol. The van der Waals surface area contributed by atoms with Gasteiger partial charge in [-0.15, -0.1) is 0 Å². The van der Waals surface area contributed by atoms with Gasteiger partial charge in [0.2, 0.25) is 0 Å². The number of aliphatic carboxylic acids is 1. The first kappa shape index (κ1) is 15.2. The Morgan fingerprint density at radius 3 is 2.56 bits per heavy atom. The van der Waals surface area contributed by atoms with Crippen LogP contribution in [0.5, 0.6) is 5.75 Å². The lowest BCUT2D eigenvalue weighted by Crippen LogP contribution is -2.08. The molecule has 0 spiro atoms. The molecule has 0 radical (unpaired) electrons. The summed E-state index contributed by atoms with van der Waals surface area (Å²) in [6.07, 6.45) is 1.36. The lowest BCUT2D eigenvalue weighted by atomic mass is 9.96. The third kappa shape index (κ3) is 3.83. The minimum absolute atomic E-state index is 0.0544. The van der Waals surface area contributed by atoms with Gasteiger partial charge in [0.25, 0.3) is 0 Å². The van der Waals surface area contributed by atoms with Gasteiger partial charge in [0, 0.05) is 22.0 Å². The van der Waals surface area contributed by atoms with E-state index < -0.39 is 18.0 Å². The summed E-state index contributed by atoms with van der Waals surface area (Å²) >= 11 is 6.44. The van der Waals surface area contributed by atoms with Crippen LogP contribution in [0.4, 0.5) is 0 Å². The maximum atomic E-state index is 10.4. The summed E-state index contributed by atoms with van der Waals surface area (Å²) in [7, 11) is 0. The van der Waals surface area contributed by atoms with Crippen LogP contribution in [-0.4, -0.2) is 21.3 Å². The van der Waals surface area contributed by atoms with Crippen molar-refractivity contribution in [3.63, 3.8) is 0 Å². The van der Waals surface area contributed by atoms with Gasteiger partial charge < -0.3 is 15.3 Å². The summed E-state index contributed by atoms with van der Waals surface area (Å²) in [5, 5.41) is 28.5. The zero-order valence-corrected chi connectivity index (χ0v) is 12.6. The lowest BCUT2D eigenvalue weighted by molar-refractivity contribution is -0.131. The average molecular weight is 380 g/mol. The number of aliphatic hydroxyl groups is 1. The van der Waals surface area contributed by atoms with Crippen molar-refractivity contribution in [3.05, 3.63) is 38.8 Å². The minimum Gasteiger partial charge on any atom is -0.506 e. The van der Waals surface area contributed by atoms with Gasteiger partial charge in [-0.1, -0.05) is 28.9 Å². The van der Waals surface area contributed by atoms with Gasteiger partial charge in [0.1, 0.15) is 5.75 Å². The highest BCUT2D eigenvalue weighted by Crippen LogP contribution is 2.37. The molecule has 2 atom stereocenters. The van der Waals surface area contributed by atoms with Crippen LogP contribution in [0.15, 0.2) is 33.2 Å². The number of rotatable bonds is 4. The molecule has 0 aliphatic heterocycles. The fourth-order valence-corrected chi connectivity index (χ4v) is 2.69. The highest BCUT2D eigenvalue weighted by molar-refractivity contribution is 9.11. The molecular weight excluding hydrogens is 368 g/mol. The molecule has 0 saturated heterocycles. The Kier molecular flexibility index (Phi) is 5.37. The maximum absolute atomic E-state index is 10.4. The third-order valence-electron chi connectivity index (χ3n) is 2.42. The number of carboxylic acid groups (broad SMARTS) is 1. The predicted molar refractivity (Wildman–Crippen MR) is 74.4 cm³/mol. The molecule has 98 valence electrons. The topological polar surface area (TPSA) is 77.8 Å². The number of benzene rings is 1. The number of aliphatic hydroxyl groups excluding tert-OH is 1. The molecule has 4 nitrogen and oxygen atoms in total. The summed E-state index contributed by atoms with van der Waals surface area (Å²) in [6.45, 7) is 1.67. The van der Waals surface area contributed by atoms with Gasteiger partial charge >= 0.3 is 5.97 Å². The number of phenols is 1. The Morgan fingerprint density at radius 1 is 1.39 bits per heavy atom. The van der Waals surface area contributed by atoms with E-state index in [2.05, 4.69) is 31.9 Å². The highest BCUT2D eigenvalue weighted by Gasteiger charge is 2.20. The summed E-state index contributed by atoms with van der Waals surface area (Å²) in [5.74, 6) is -1.57. The first-order valence-corrected chi connectivity index (χ1v) is 6.68. The summed E-state index contributed by atoms with van der Waals surface area (Å²) in [6, 6.07) is 3.25. The Hall–Kier alpha value is -0.850. The van der Waals surface area contributed by atoms with Crippen molar-refractivity contribution in [1.82, 2.24) is 0 Å². The molecule has 1 aromatic carbocycles. The zero-order valence-electron chi connectivity index (χ0n) is 9.47. The number of halogens is 2. The highest BCUT2D eigenvalue weighted by atomic mass is 79.9. The largest absolute Gasteiger partial charge is 0.506 e. The van der Waals surface area contributed by atoms with Crippen molar-refractivity contribution >= 4 is 37.8 Å². The van der Waals surface area contributed by atoms with Gasteiger partial charge in [0.15, 0.2) is 0 Å². The van der Waals surface area contributed by atoms with Gasteiger partial charge in [-0.2, -0.15) is 0 Å². The summed E-state index contributed by atoms with van der Waals surface area (Å²) in [4.78, 5) is 10.4. The summed E-state index contributed by atoms with van der Waals surface area (Å²) < 4.78 is 1.16. The van der Waals surface area contributed by atoms with Crippen molar-refractivity contribution in [2.24, 2.45) is 5.92 Å². The van der Waals surface area contributed by atoms with Crippen LogP contribution in [0.3, 0.4) is 0 Å². The van der Waals surface area contributed by atoms with E-state index in [1.165, 1.54) is 6.08 Å². The quantitative estimate of drug-likeness (QED) is 0.702. The van der Waals surface area contributed by atoms with E-state index in [1.807, 2.05) is 0 Å². The van der Waals surface area contributed by atoms with Crippen molar-refractivity contribution in [1.29, 1.82) is 0 Å². The Bertz CT molecular complexity index is 485. The molecule has 0 bridgehead atoms. The van der Waals surface area contributed by atoms with E-state index in [0.29, 0.717) is 14.5 Å². The van der Waals surface area contributed by atoms with Crippen molar-refractivity contribution in [2.75, 3.05) is 0 Å². The molecule has 0 amide bonds. The molecule has 0 saturated carbocycles. The fourth-order valence-electron chi connectivity index (χ4n) is 1.43. The smallest absolute Gasteiger partial charge is 0.327 e. The molecule has 0 fully saturated rings. The molecular formula is C12H12Br2O4. The van der Waals surface area contributed by atoms with Crippen LogP contribution in [-0.2, 0) is 4.79 Å². The number of carbonyl (C=O) groups is 1. The molecule has 0 aromatic heterocycles. The molecule has 0 heterocycles.